The van der Waals surface area contributed by atoms with Crippen molar-refractivity contribution in [3.05, 3.63) is 98.9 Å². The van der Waals surface area contributed by atoms with Crippen molar-refractivity contribution in [1.82, 2.24) is 9.55 Å². The van der Waals surface area contributed by atoms with E-state index in [9.17, 15) is 31.1 Å². The Morgan fingerprint density at radius 1 is 1.10 bits per heavy atom. The van der Waals surface area contributed by atoms with Crippen LogP contribution in [0.5, 0.6) is 0 Å². The van der Waals surface area contributed by atoms with Crippen LogP contribution in [-0.2, 0) is 22.6 Å². The number of hydrazine groups is 1. The van der Waals surface area contributed by atoms with Crippen LogP contribution in [0.4, 0.5) is 23.2 Å². The minimum absolute atomic E-state index is 0.00512. The lowest BCUT2D eigenvalue weighted by Crippen LogP contribution is -2.31. The number of hydrogen-bond donors (Lipinski definition) is 3. The standard InChI is InChI=1S/C26H20Cl3F4N5O3S/c1-42(40,41)23-8-14(6-19(30)17(23)12-39)13-2-5-20(37-11-24(26(31,32)33)36-25(37)29)21(7-13)38(35)22(10-34)16-4-3-15(27)9-18(16)28/h2-11,39H,12,34-35H2,1H3/b22-10-. The van der Waals surface area contributed by atoms with Crippen LogP contribution in [0.1, 0.15) is 16.8 Å². The number of benzene rings is 3. The van der Waals surface area contributed by atoms with Gasteiger partial charge in [-0.1, -0.05) is 29.3 Å². The molecular formula is C26H20Cl3F4N5O3S. The lowest BCUT2D eigenvalue weighted by Gasteiger charge is -2.26. The summed E-state index contributed by atoms with van der Waals surface area (Å²) in [5.74, 6) is 5.49. The minimum atomic E-state index is -4.81. The molecule has 0 saturated carbocycles. The summed E-state index contributed by atoms with van der Waals surface area (Å²) in [6.07, 6.45) is -2.20. The molecule has 0 amide bonds. The largest absolute Gasteiger partial charge is 0.434 e. The van der Waals surface area contributed by atoms with Crippen molar-refractivity contribution in [3.63, 3.8) is 0 Å². The average Bonchev–Trinajstić information content (AvgIpc) is 3.30. The number of nitrogens with zero attached hydrogens (tertiary/aromatic N) is 3. The van der Waals surface area contributed by atoms with E-state index < -0.39 is 49.9 Å². The number of aromatic nitrogens is 2. The van der Waals surface area contributed by atoms with E-state index in [1.165, 1.54) is 36.4 Å². The summed E-state index contributed by atoms with van der Waals surface area (Å²) in [6.45, 7) is -0.873. The van der Waals surface area contributed by atoms with E-state index in [0.717, 1.165) is 34.2 Å². The first kappa shape index (κ1) is 31.6. The molecular weight excluding hydrogens is 645 g/mol. The summed E-state index contributed by atoms with van der Waals surface area (Å²) in [7, 11) is -3.98. The molecule has 222 valence electrons. The molecule has 0 bridgehead atoms. The lowest BCUT2D eigenvalue weighted by molar-refractivity contribution is -0.140. The van der Waals surface area contributed by atoms with E-state index in [4.69, 9.17) is 46.4 Å². The molecule has 16 heteroatoms. The van der Waals surface area contributed by atoms with Gasteiger partial charge in [0, 0.05) is 34.8 Å². The summed E-state index contributed by atoms with van der Waals surface area (Å²) in [6, 6.07) is 10.7. The lowest BCUT2D eigenvalue weighted by atomic mass is 10.0. The topological polar surface area (TPSA) is 127 Å². The first-order chi connectivity index (χ1) is 19.6. The quantitative estimate of drug-likeness (QED) is 0.122. The van der Waals surface area contributed by atoms with Gasteiger partial charge in [0.05, 0.1) is 33.6 Å². The van der Waals surface area contributed by atoms with Crippen LogP contribution in [-0.4, -0.2) is 29.3 Å². The van der Waals surface area contributed by atoms with Crippen molar-refractivity contribution >= 4 is 56.0 Å². The van der Waals surface area contributed by atoms with Gasteiger partial charge in [-0.15, -0.1) is 0 Å². The predicted octanol–water partition coefficient (Wildman–Crippen LogP) is 6.19. The third-order valence-electron chi connectivity index (χ3n) is 6.12. The second kappa shape index (κ2) is 11.7. The zero-order valence-electron chi connectivity index (χ0n) is 21.3. The minimum Gasteiger partial charge on any atom is -0.403 e. The molecule has 0 fully saturated rings. The molecule has 4 aromatic rings. The van der Waals surface area contributed by atoms with Crippen LogP contribution < -0.4 is 16.6 Å². The zero-order chi connectivity index (χ0) is 31.1. The molecule has 0 aliphatic carbocycles. The normalized spacial score (nSPS) is 12.6. The smallest absolute Gasteiger partial charge is 0.403 e. The molecule has 1 aromatic heterocycles. The summed E-state index contributed by atoms with van der Waals surface area (Å²) >= 11 is 18.5. The average molecular weight is 665 g/mol. The molecule has 1 heterocycles. The Labute approximate surface area is 252 Å². The Hall–Kier alpha value is -3.33. The van der Waals surface area contributed by atoms with E-state index in [-0.39, 0.29) is 33.2 Å². The Kier molecular flexibility index (Phi) is 8.84. The molecule has 0 unspecified atom stereocenters. The SMILES string of the molecule is CS(=O)(=O)c1cc(-c2ccc(-n3cc(C(F)(F)F)nc3Cl)c(N(N)/C(=C\N)c3ccc(Cl)cc3Cl)c2)cc(F)c1CO. The number of halogens is 7. The second-order valence-corrected chi connectivity index (χ2v) is 12.0. The van der Waals surface area contributed by atoms with Crippen LogP contribution in [0.2, 0.25) is 15.3 Å². The highest BCUT2D eigenvalue weighted by Gasteiger charge is 2.35. The third-order valence-corrected chi connectivity index (χ3v) is 8.10. The maximum absolute atomic E-state index is 14.9. The number of alkyl halides is 3. The van der Waals surface area contributed by atoms with Crippen LogP contribution in [0.15, 0.2) is 65.8 Å². The molecule has 3 aromatic carbocycles. The van der Waals surface area contributed by atoms with Gasteiger partial charge in [0.15, 0.2) is 15.5 Å². The van der Waals surface area contributed by atoms with Gasteiger partial charge in [-0.2, -0.15) is 13.2 Å². The number of imidazole rings is 1. The number of hydrogen-bond acceptors (Lipinski definition) is 7. The van der Waals surface area contributed by atoms with E-state index in [0.29, 0.717) is 16.8 Å². The summed E-state index contributed by atoms with van der Waals surface area (Å²) in [4.78, 5) is 2.94. The van der Waals surface area contributed by atoms with Crippen molar-refractivity contribution in [2.45, 2.75) is 17.7 Å². The zero-order valence-corrected chi connectivity index (χ0v) is 24.4. The molecule has 0 radical (unpaired) electrons. The fourth-order valence-electron chi connectivity index (χ4n) is 4.15. The summed E-state index contributed by atoms with van der Waals surface area (Å²) in [5.41, 5.74) is 4.81. The van der Waals surface area contributed by atoms with Gasteiger partial charge in [-0.05, 0) is 65.2 Å². The number of aliphatic hydroxyl groups excluding tert-OH is 1. The Morgan fingerprint density at radius 3 is 2.33 bits per heavy atom. The Balaban J connectivity index is 1.99. The van der Waals surface area contributed by atoms with Crippen LogP contribution in [0, 0.1) is 5.82 Å². The number of rotatable bonds is 7. The highest BCUT2D eigenvalue weighted by molar-refractivity contribution is 7.90. The molecule has 0 aliphatic rings. The van der Waals surface area contributed by atoms with Crippen LogP contribution in [0.25, 0.3) is 22.5 Å². The summed E-state index contributed by atoms with van der Waals surface area (Å²) in [5, 5.41) is 10.5. The molecule has 42 heavy (non-hydrogen) atoms. The van der Waals surface area contributed by atoms with Gasteiger partial charge in [-0.3, -0.25) is 9.58 Å². The molecule has 0 atom stereocenters. The van der Waals surface area contributed by atoms with Crippen LogP contribution in [0.3, 0.4) is 0 Å². The molecule has 4 rings (SSSR count). The molecule has 8 nitrogen and oxygen atoms in total. The first-order valence-electron chi connectivity index (χ1n) is 11.6. The van der Waals surface area contributed by atoms with E-state index >= 15 is 0 Å². The number of aliphatic hydroxyl groups is 1. The maximum atomic E-state index is 14.9. The molecule has 5 N–H and O–H groups in total. The van der Waals surface area contributed by atoms with Gasteiger partial charge in [-0.25, -0.2) is 23.6 Å². The number of nitrogens with two attached hydrogens (primary N) is 2. The van der Waals surface area contributed by atoms with E-state index in [1.54, 1.807) is 0 Å². The van der Waals surface area contributed by atoms with Crippen LogP contribution >= 0.6 is 34.8 Å². The predicted molar refractivity (Wildman–Crippen MR) is 153 cm³/mol. The second-order valence-electron chi connectivity index (χ2n) is 8.88. The van der Waals surface area contributed by atoms with Crippen molar-refractivity contribution < 1.29 is 31.1 Å². The van der Waals surface area contributed by atoms with Gasteiger partial charge in [0.1, 0.15) is 5.82 Å². The molecule has 0 saturated heterocycles. The van der Waals surface area contributed by atoms with Gasteiger partial charge in [0.25, 0.3) is 0 Å². The molecule has 0 aliphatic heterocycles. The molecule has 0 spiro atoms. The monoisotopic (exact) mass is 663 g/mol. The fourth-order valence-corrected chi connectivity index (χ4v) is 5.84. The highest BCUT2D eigenvalue weighted by atomic mass is 35.5. The number of sulfone groups is 1. The van der Waals surface area contributed by atoms with Crippen molar-refractivity contribution in [3.8, 4) is 16.8 Å². The van der Waals surface area contributed by atoms with Crippen molar-refractivity contribution in [2.75, 3.05) is 11.3 Å². The van der Waals surface area contributed by atoms with E-state index in [1.807, 2.05) is 0 Å². The van der Waals surface area contributed by atoms with Gasteiger partial charge in [0.2, 0.25) is 5.28 Å². The highest BCUT2D eigenvalue weighted by Crippen LogP contribution is 2.39. The Morgan fingerprint density at radius 2 is 1.79 bits per heavy atom. The number of anilines is 1. The fraction of sp³-hybridized carbons (Fsp3) is 0.115. The summed E-state index contributed by atoms with van der Waals surface area (Å²) < 4.78 is 80.9. The Bertz CT molecular complexity index is 1830. The maximum Gasteiger partial charge on any atom is 0.434 e. The van der Waals surface area contributed by atoms with Crippen molar-refractivity contribution in [2.24, 2.45) is 11.6 Å². The van der Waals surface area contributed by atoms with Crippen molar-refractivity contribution in [1.29, 1.82) is 0 Å². The third kappa shape index (κ3) is 6.21. The van der Waals surface area contributed by atoms with Gasteiger partial charge < -0.3 is 10.8 Å². The van der Waals surface area contributed by atoms with Gasteiger partial charge >= 0.3 is 6.18 Å². The van der Waals surface area contributed by atoms with E-state index in [2.05, 4.69) is 4.98 Å². The first-order valence-corrected chi connectivity index (χ1v) is 14.6.